The summed E-state index contributed by atoms with van der Waals surface area (Å²) in [7, 11) is 1.31. The normalized spacial score (nSPS) is 18.9. The molecule has 0 spiro atoms. The van der Waals surface area contributed by atoms with Crippen LogP contribution in [-0.4, -0.2) is 25.5 Å². The fraction of sp³-hybridized carbons (Fsp3) is 0.467. The van der Waals surface area contributed by atoms with Crippen LogP contribution in [0.1, 0.15) is 18.9 Å². The summed E-state index contributed by atoms with van der Waals surface area (Å²) in [6.07, 6.45) is 1.09. The van der Waals surface area contributed by atoms with E-state index in [1.165, 1.54) is 7.11 Å². The molecule has 1 heterocycles. The average Bonchev–Trinajstić information content (AvgIpc) is 2.47. The molecule has 0 aromatic heterocycles. The Kier molecular flexibility index (Phi) is 4.20. The lowest BCUT2D eigenvalue weighted by atomic mass is 9.85. The number of ether oxygens (including phenoxy) is 2. The van der Waals surface area contributed by atoms with Gasteiger partial charge in [-0.25, -0.2) is 0 Å². The van der Waals surface area contributed by atoms with Crippen LogP contribution in [0.4, 0.5) is 0 Å². The Balaban J connectivity index is 2.12. The van der Waals surface area contributed by atoms with Crippen LogP contribution < -0.4 is 4.74 Å². The smallest absolute Gasteiger partial charge is 0.316 e. The molecule has 0 saturated carbocycles. The number of benzene rings is 1. The molecule has 0 N–H and O–H groups in total. The minimum absolute atomic E-state index is 0.0798. The van der Waals surface area contributed by atoms with Crippen molar-refractivity contribution in [1.29, 1.82) is 0 Å². The van der Waals surface area contributed by atoms with E-state index in [2.05, 4.69) is 4.74 Å². The highest BCUT2D eigenvalue weighted by atomic mass is 16.5. The number of hydrogen-bond donors (Lipinski definition) is 0. The first-order chi connectivity index (χ1) is 9.17. The van der Waals surface area contributed by atoms with Crippen LogP contribution in [0.2, 0.25) is 0 Å². The molecule has 0 radical (unpaired) electrons. The zero-order chi connectivity index (χ0) is 13.8. The molecule has 2 atom stereocenters. The molecule has 0 bridgehead atoms. The molecule has 4 nitrogen and oxygen atoms in total. The standard InChI is InChI=1S/C15H18O4/c1-3-12(15(17)18-2)14(16)11-8-10-6-4-5-7-13(10)19-9-11/h4-7,11-12H,3,8-9H2,1-2H3. The molecule has 4 heteroatoms. The van der Waals surface area contributed by atoms with Crippen molar-refractivity contribution in [1.82, 2.24) is 0 Å². The molecule has 2 rings (SSSR count). The third-order valence-corrected chi connectivity index (χ3v) is 3.52. The predicted octanol–water partition coefficient (Wildman–Crippen LogP) is 2.01. The largest absolute Gasteiger partial charge is 0.493 e. The lowest BCUT2D eigenvalue weighted by Gasteiger charge is -2.26. The van der Waals surface area contributed by atoms with E-state index in [1.54, 1.807) is 0 Å². The maximum Gasteiger partial charge on any atom is 0.316 e. The van der Waals surface area contributed by atoms with E-state index < -0.39 is 11.9 Å². The van der Waals surface area contributed by atoms with Gasteiger partial charge in [-0.15, -0.1) is 0 Å². The summed E-state index contributed by atoms with van der Waals surface area (Å²) in [5.74, 6) is -0.643. The van der Waals surface area contributed by atoms with Gasteiger partial charge < -0.3 is 9.47 Å². The highest BCUT2D eigenvalue weighted by Gasteiger charge is 2.34. The monoisotopic (exact) mass is 262 g/mol. The van der Waals surface area contributed by atoms with Gasteiger partial charge in [-0.3, -0.25) is 9.59 Å². The van der Waals surface area contributed by atoms with Crippen molar-refractivity contribution in [2.45, 2.75) is 19.8 Å². The van der Waals surface area contributed by atoms with E-state index in [-0.39, 0.29) is 11.7 Å². The second kappa shape index (κ2) is 5.87. The molecule has 1 aromatic rings. The van der Waals surface area contributed by atoms with Gasteiger partial charge in [0.25, 0.3) is 0 Å². The van der Waals surface area contributed by atoms with Crippen molar-refractivity contribution < 1.29 is 19.1 Å². The van der Waals surface area contributed by atoms with Crippen LogP contribution in [0.25, 0.3) is 0 Å². The van der Waals surface area contributed by atoms with Gasteiger partial charge >= 0.3 is 5.97 Å². The Labute approximate surface area is 112 Å². The van der Waals surface area contributed by atoms with Crippen LogP contribution in [-0.2, 0) is 20.7 Å². The van der Waals surface area contributed by atoms with Crippen molar-refractivity contribution in [2.75, 3.05) is 13.7 Å². The molecule has 1 aliphatic rings. The number of esters is 1. The zero-order valence-corrected chi connectivity index (χ0v) is 11.2. The van der Waals surface area contributed by atoms with Crippen LogP contribution in [0, 0.1) is 11.8 Å². The second-order valence-electron chi connectivity index (χ2n) is 4.71. The fourth-order valence-corrected chi connectivity index (χ4v) is 2.42. The lowest BCUT2D eigenvalue weighted by molar-refractivity contribution is -0.151. The number of carbonyl (C=O) groups is 2. The Morgan fingerprint density at radius 1 is 1.42 bits per heavy atom. The molecule has 0 saturated heterocycles. The molecule has 0 fully saturated rings. The first kappa shape index (κ1) is 13.6. The van der Waals surface area contributed by atoms with Gasteiger partial charge in [-0.2, -0.15) is 0 Å². The number of carbonyl (C=O) groups excluding carboxylic acids is 2. The molecule has 1 aromatic carbocycles. The molecular formula is C15H18O4. The molecule has 19 heavy (non-hydrogen) atoms. The Morgan fingerprint density at radius 3 is 2.84 bits per heavy atom. The Bertz CT molecular complexity index is 481. The van der Waals surface area contributed by atoms with Crippen molar-refractivity contribution >= 4 is 11.8 Å². The minimum atomic E-state index is -0.677. The maximum absolute atomic E-state index is 12.4. The Hall–Kier alpha value is -1.84. The lowest BCUT2D eigenvalue weighted by Crippen LogP contribution is -2.36. The summed E-state index contributed by atoms with van der Waals surface area (Å²) in [6, 6.07) is 7.68. The van der Waals surface area contributed by atoms with Crippen LogP contribution in [0.5, 0.6) is 5.75 Å². The molecule has 0 amide bonds. The third kappa shape index (κ3) is 2.78. The fourth-order valence-electron chi connectivity index (χ4n) is 2.42. The van der Waals surface area contributed by atoms with Crippen molar-refractivity contribution in [3.8, 4) is 5.75 Å². The van der Waals surface area contributed by atoms with Crippen molar-refractivity contribution in [3.63, 3.8) is 0 Å². The van der Waals surface area contributed by atoms with E-state index in [0.717, 1.165) is 11.3 Å². The molecule has 0 aliphatic carbocycles. The van der Waals surface area contributed by atoms with Crippen LogP contribution in [0.15, 0.2) is 24.3 Å². The minimum Gasteiger partial charge on any atom is -0.493 e. The van der Waals surface area contributed by atoms with E-state index in [0.29, 0.717) is 19.4 Å². The van der Waals surface area contributed by atoms with Gasteiger partial charge in [0.05, 0.1) is 19.6 Å². The quantitative estimate of drug-likeness (QED) is 0.615. The summed E-state index contributed by atoms with van der Waals surface area (Å²) in [4.78, 5) is 23.9. The summed E-state index contributed by atoms with van der Waals surface area (Å²) >= 11 is 0. The molecule has 2 unspecified atom stereocenters. The van der Waals surface area contributed by atoms with Gasteiger partial charge in [0, 0.05) is 0 Å². The SMILES string of the molecule is CCC(C(=O)OC)C(=O)C1COc2ccccc2C1. The first-order valence-corrected chi connectivity index (χ1v) is 6.49. The predicted molar refractivity (Wildman–Crippen MR) is 69.9 cm³/mol. The van der Waals surface area contributed by atoms with Gasteiger partial charge in [0.2, 0.25) is 0 Å². The topological polar surface area (TPSA) is 52.6 Å². The van der Waals surface area contributed by atoms with Gasteiger partial charge in [0.1, 0.15) is 11.7 Å². The number of hydrogen-bond acceptors (Lipinski definition) is 4. The number of rotatable bonds is 4. The number of fused-ring (bicyclic) bond motifs is 1. The van der Waals surface area contributed by atoms with Crippen LogP contribution in [0.3, 0.4) is 0 Å². The highest BCUT2D eigenvalue weighted by Crippen LogP contribution is 2.29. The van der Waals surface area contributed by atoms with E-state index in [9.17, 15) is 9.59 Å². The van der Waals surface area contributed by atoms with Gasteiger partial charge in [-0.05, 0) is 24.5 Å². The first-order valence-electron chi connectivity index (χ1n) is 6.49. The highest BCUT2D eigenvalue weighted by molar-refractivity contribution is 6.00. The van der Waals surface area contributed by atoms with E-state index >= 15 is 0 Å². The molecule has 1 aliphatic heterocycles. The zero-order valence-electron chi connectivity index (χ0n) is 11.2. The summed E-state index contributed by atoms with van der Waals surface area (Å²) in [5.41, 5.74) is 1.02. The summed E-state index contributed by atoms with van der Waals surface area (Å²) in [5, 5.41) is 0. The van der Waals surface area contributed by atoms with Crippen LogP contribution >= 0.6 is 0 Å². The second-order valence-corrected chi connectivity index (χ2v) is 4.71. The molecule has 102 valence electrons. The number of methoxy groups -OCH3 is 1. The number of para-hydroxylation sites is 1. The van der Waals surface area contributed by atoms with Crippen molar-refractivity contribution in [3.05, 3.63) is 29.8 Å². The van der Waals surface area contributed by atoms with E-state index in [1.807, 2.05) is 31.2 Å². The molecular weight excluding hydrogens is 244 g/mol. The maximum atomic E-state index is 12.4. The summed E-state index contributed by atoms with van der Waals surface area (Å²) < 4.78 is 10.3. The number of ketones is 1. The van der Waals surface area contributed by atoms with Gasteiger partial charge in [0.15, 0.2) is 5.78 Å². The van der Waals surface area contributed by atoms with Crippen molar-refractivity contribution in [2.24, 2.45) is 11.8 Å². The third-order valence-electron chi connectivity index (χ3n) is 3.52. The Morgan fingerprint density at radius 2 is 2.16 bits per heavy atom. The average molecular weight is 262 g/mol. The van der Waals surface area contributed by atoms with E-state index in [4.69, 9.17) is 4.74 Å². The number of Topliss-reactive ketones (excluding diaryl/α,β-unsaturated/α-hetero) is 1. The summed E-state index contributed by atoms with van der Waals surface area (Å²) in [6.45, 7) is 2.15. The van der Waals surface area contributed by atoms with Gasteiger partial charge in [-0.1, -0.05) is 25.1 Å².